The molecule has 27 heavy (non-hydrogen) atoms. The summed E-state index contributed by atoms with van der Waals surface area (Å²) in [6.45, 7) is 4.80. The fourth-order valence-corrected chi connectivity index (χ4v) is 3.00. The molecule has 3 aromatic rings. The van der Waals surface area contributed by atoms with Crippen LogP contribution < -0.4 is 4.74 Å². The minimum absolute atomic E-state index is 0.00393. The number of aliphatic carboxylic acids is 1. The Hall–Kier alpha value is -3.07. The van der Waals surface area contributed by atoms with E-state index in [0.717, 1.165) is 28.0 Å². The first-order valence-corrected chi connectivity index (χ1v) is 9.14. The van der Waals surface area contributed by atoms with Crippen LogP contribution in [-0.4, -0.2) is 11.1 Å². The van der Waals surface area contributed by atoms with Gasteiger partial charge in [0.1, 0.15) is 12.4 Å². The number of benzene rings is 3. The van der Waals surface area contributed by atoms with Crippen LogP contribution in [0, 0.1) is 0 Å². The number of hydrogen-bond donors (Lipinski definition) is 1. The number of carboxylic acid groups (broad SMARTS) is 1. The lowest BCUT2D eigenvalue weighted by molar-refractivity contribution is -0.136. The molecule has 0 fully saturated rings. The number of carboxylic acids is 1. The van der Waals surface area contributed by atoms with Gasteiger partial charge >= 0.3 is 5.97 Å². The van der Waals surface area contributed by atoms with Crippen LogP contribution in [0.15, 0.2) is 72.8 Å². The van der Waals surface area contributed by atoms with E-state index in [1.165, 1.54) is 5.56 Å². The van der Waals surface area contributed by atoms with E-state index in [4.69, 9.17) is 9.84 Å². The van der Waals surface area contributed by atoms with Gasteiger partial charge in [0.2, 0.25) is 0 Å². The molecule has 0 aliphatic rings. The van der Waals surface area contributed by atoms with Crippen molar-refractivity contribution in [3.05, 3.63) is 89.5 Å². The predicted octanol–water partition coefficient (Wildman–Crippen LogP) is 5.68. The molecule has 1 N–H and O–H groups in total. The van der Waals surface area contributed by atoms with Gasteiger partial charge in [-0.05, 0) is 40.3 Å². The molecule has 0 amide bonds. The Kier molecular flexibility index (Phi) is 5.92. The van der Waals surface area contributed by atoms with E-state index in [1.807, 2.05) is 48.5 Å². The topological polar surface area (TPSA) is 46.5 Å². The van der Waals surface area contributed by atoms with Gasteiger partial charge in [-0.25, -0.2) is 0 Å². The number of hydrogen-bond acceptors (Lipinski definition) is 2. The molecule has 0 aromatic heterocycles. The third-order valence-corrected chi connectivity index (χ3v) is 4.52. The van der Waals surface area contributed by atoms with Crippen molar-refractivity contribution >= 4 is 5.97 Å². The van der Waals surface area contributed by atoms with Crippen molar-refractivity contribution < 1.29 is 14.6 Å². The van der Waals surface area contributed by atoms with Gasteiger partial charge in [-0.3, -0.25) is 4.79 Å². The molecule has 0 atom stereocenters. The average molecular weight is 360 g/mol. The van der Waals surface area contributed by atoms with Crippen LogP contribution in [-0.2, 0) is 17.8 Å². The van der Waals surface area contributed by atoms with Crippen LogP contribution in [0.25, 0.3) is 11.1 Å². The molecule has 0 saturated heterocycles. The molecule has 0 aliphatic carbocycles. The van der Waals surface area contributed by atoms with E-state index >= 15 is 0 Å². The van der Waals surface area contributed by atoms with Crippen LogP contribution in [0.1, 0.15) is 36.5 Å². The Balaban J connectivity index is 1.92. The van der Waals surface area contributed by atoms with E-state index < -0.39 is 5.97 Å². The van der Waals surface area contributed by atoms with Crippen LogP contribution >= 0.6 is 0 Å². The lowest BCUT2D eigenvalue weighted by Gasteiger charge is -2.14. The largest absolute Gasteiger partial charge is 0.488 e. The first kappa shape index (κ1) is 18.7. The fraction of sp³-hybridized carbons (Fsp3) is 0.208. The number of carbonyl (C=O) groups is 1. The molecule has 0 spiro atoms. The van der Waals surface area contributed by atoms with Gasteiger partial charge in [-0.1, -0.05) is 74.5 Å². The maximum atomic E-state index is 11.1. The third-order valence-electron chi connectivity index (χ3n) is 4.52. The van der Waals surface area contributed by atoms with Crippen molar-refractivity contribution in [1.29, 1.82) is 0 Å². The first-order chi connectivity index (χ1) is 13.0. The molecule has 0 radical (unpaired) electrons. The zero-order valence-corrected chi connectivity index (χ0v) is 15.7. The molecule has 0 bridgehead atoms. The van der Waals surface area contributed by atoms with Gasteiger partial charge in [-0.15, -0.1) is 0 Å². The summed E-state index contributed by atoms with van der Waals surface area (Å²) in [7, 11) is 0. The predicted molar refractivity (Wildman–Crippen MR) is 108 cm³/mol. The summed E-state index contributed by atoms with van der Waals surface area (Å²) in [4.78, 5) is 11.1. The summed E-state index contributed by atoms with van der Waals surface area (Å²) in [6.07, 6.45) is -0.00393. The number of ether oxygens (including phenoxy) is 1. The molecule has 0 unspecified atom stereocenters. The lowest BCUT2D eigenvalue weighted by Crippen LogP contribution is -2.02. The second kappa shape index (κ2) is 8.54. The first-order valence-electron chi connectivity index (χ1n) is 9.14. The summed E-state index contributed by atoms with van der Waals surface area (Å²) in [6, 6.07) is 24.0. The van der Waals surface area contributed by atoms with Crippen molar-refractivity contribution in [2.75, 3.05) is 0 Å². The van der Waals surface area contributed by atoms with Crippen LogP contribution in [0.4, 0.5) is 0 Å². The summed E-state index contributed by atoms with van der Waals surface area (Å²) >= 11 is 0. The molecule has 3 nitrogen and oxygen atoms in total. The number of rotatable bonds is 7. The molecule has 0 saturated carbocycles. The Labute approximate surface area is 160 Å². The normalized spacial score (nSPS) is 10.8. The Morgan fingerprint density at radius 3 is 2.26 bits per heavy atom. The van der Waals surface area contributed by atoms with Crippen molar-refractivity contribution in [3.63, 3.8) is 0 Å². The summed E-state index contributed by atoms with van der Waals surface area (Å²) in [5.41, 5.74) is 5.06. The van der Waals surface area contributed by atoms with Gasteiger partial charge in [0, 0.05) is 5.56 Å². The second-order valence-electron chi connectivity index (χ2n) is 6.95. The standard InChI is InChI=1S/C24H24O3/c1-17(2)20-9-11-21(12-10-20)22-14-19(15-24(25)26)8-13-23(22)27-16-18-6-4-3-5-7-18/h3-14,17H,15-16H2,1-2H3,(H,25,26). The van der Waals surface area contributed by atoms with E-state index in [1.54, 1.807) is 0 Å². The maximum absolute atomic E-state index is 11.1. The summed E-state index contributed by atoms with van der Waals surface area (Å²) in [5.74, 6) is 0.380. The highest BCUT2D eigenvalue weighted by molar-refractivity contribution is 5.75. The lowest BCUT2D eigenvalue weighted by atomic mass is 9.96. The Bertz CT molecular complexity index is 897. The summed E-state index contributed by atoms with van der Waals surface area (Å²) < 4.78 is 6.07. The molecule has 138 valence electrons. The zero-order chi connectivity index (χ0) is 19.2. The second-order valence-corrected chi connectivity index (χ2v) is 6.95. The van der Waals surface area contributed by atoms with Crippen molar-refractivity contribution in [1.82, 2.24) is 0 Å². The monoisotopic (exact) mass is 360 g/mol. The minimum Gasteiger partial charge on any atom is -0.488 e. The van der Waals surface area contributed by atoms with Gasteiger partial charge in [-0.2, -0.15) is 0 Å². The van der Waals surface area contributed by atoms with Gasteiger partial charge in [0.05, 0.1) is 6.42 Å². The quantitative estimate of drug-likeness (QED) is 0.589. The average Bonchev–Trinajstić information content (AvgIpc) is 2.67. The molecular weight excluding hydrogens is 336 g/mol. The van der Waals surface area contributed by atoms with E-state index in [9.17, 15) is 4.79 Å². The fourth-order valence-electron chi connectivity index (χ4n) is 3.00. The van der Waals surface area contributed by atoms with Crippen LogP contribution in [0.3, 0.4) is 0 Å². The van der Waals surface area contributed by atoms with Gasteiger partial charge in [0.25, 0.3) is 0 Å². The van der Waals surface area contributed by atoms with E-state index in [0.29, 0.717) is 12.5 Å². The van der Waals surface area contributed by atoms with Crippen molar-refractivity contribution in [3.8, 4) is 16.9 Å². The van der Waals surface area contributed by atoms with Gasteiger partial charge < -0.3 is 9.84 Å². The molecule has 3 rings (SSSR count). The molecular formula is C24H24O3. The zero-order valence-electron chi connectivity index (χ0n) is 15.7. The Morgan fingerprint density at radius 1 is 0.926 bits per heavy atom. The highest BCUT2D eigenvalue weighted by Gasteiger charge is 2.11. The van der Waals surface area contributed by atoms with Crippen molar-refractivity contribution in [2.24, 2.45) is 0 Å². The SMILES string of the molecule is CC(C)c1ccc(-c2cc(CC(=O)O)ccc2OCc2ccccc2)cc1. The van der Waals surface area contributed by atoms with Crippen LogP contribution in [0.5, 0.6) is 5.75 Å². The molecule has 0 aliphatic heterocycles. The Morgan fingerprint density at radius 2 is 1.63 bits per heavy atom. The van der Waals surface area contributed by atoms with Crippen LogP contribution in [0.2, 0.25) is 0 Å². The molecule has 0 heterocycles. The van der Waals surface area contributed by atoms with Crippen molar-refractivity contribution in [2.45, 2.75) is 32.8 Å². The molecule has 3 heteroatoms. The molecule has 3 aromatic carbocycles. The van der Waals surface area contributed by atoms with E-state index in [2.05, 4.69) is 38.1 Å². The highest BCUT2D eigenvalue weighted by Crippen LogP contribution is 2.33. The maximum Gasteiger partial charge on any atom is 0.307 e. The third kappa shape index (κ3) is 4.98. The highest BCUT2D eigenvalue weighted by atomic mass is 16.5. The summed E-state index contributed by atoms with van der Waals surface area (Å²) in [5, 5.41) is 9.12. The van der Waals surface area contributed by atoms with E-state index in [-0.39, 0.29) is 6.42 Å². The smallest absolute Gasteiger partial charge is 0.307 e. The minimum atomic E-state index is -0.839. The van der Waals surface area contributed by atoms with Gasteiger partial charge in [0.15, 0.2) is 0 Å².